The van der Waals surface area contributed by atoms with Gasteiger partial charge in [-0.3, -0.25) is 19.2 Å². The third-order valence-electron chi connectivity index (χ3n) is 6.99. The molecule has 0 aliphatic heterocycles. The van der Waals surface area contributed by atoms with Crippen LogP contribution < -0.4 is 0 Å². The van der Waals surface area contributed by atoms with Gasteiger partial charge in [-0.25, -0.2) is 4.39 Å². The average molecular weight is 525 g/mol. The highest BCUT2D eigenvalue weighted by molar-refractivity contribution is 7.99. The third kappa shape index (κ3) is 6.78. The molecule has 0 heterocycles. The Hall–Kier alpha value is -2.62. The lowest BCUT2D eigenvalue weighted by atomic mass is 9.90. The Balaban J connectivity index is 1.60. The molecule has 198 valence electrons. The summed E-state index contributed by atoms with van der Waals surface area (Å²) < 4.78 is 33.9. The van der Waals surface area contributed by atoms with E-state index >= 15 is 0 Å². The average Bonchev–Trinajstić information content (AvgIpc) is 3.43. The SMILES string of the molecule is CCC(=O)OCOC(=O)C1C(CSc2ccc(F)c(C)c2)CC2C(C(=O)OCOC(=O)C(C)CC)C21. The molecule has 36 heavy (non-hydrogen) atoms. The van der Waals surface area contributed by atoms with Gasteiger partial charge in [0.25, 0.3) is 0 Å². The van der Waals surface area contributed by atoms with Gasteiger partial charge in [-0.05, 0) is 61.3 Å². The fourth-order valence-corrected chi connectivity index (χ4v) is 5.84. The number of hydrogen-bond acceptors (Lipinski definition) is 9. The first-order chi connectivity index (χ1) is 17.2. The van der Waals surface area contributed by atoms with Crippen molar-refractivity contribution in [1.29, 1.82) is 0 Å². The number of hydrogen-bond donors (Lipinski definition) is 0. The van der Waals surface area contributed by atoms with Crippen molar-refractivity contribution in [2.45, 2.75) is 51.9 Å². The molecule has 0 amide bonds. The maximum atomic E-state index is 13.6. The smallest absolute Gasteiger partial charge is 0.312 e. The molecule has 0 radical (unpaired) electrons. The van der Waals surface area contributed by atoms with Crippen molar-refractivity contribution in [3.63, 3.8) is 0 Å². The van der Waals surface area contributed by atoms with Crippen LogP contribution in [0.2, 0.25) is 0 Å². The van der Waals surface area contributed by atoms with E-state index in [2.05, 4.69) is 0 Å². The Morgan fingerprint density at radius 1 is 1.03 bits per heavy atom. The van der Waals surface area contributed by atoms with Crippen LogP contribution in [0.3, 0.4) is 0 Å². The van der Waals surface area contributed by atoms with E-state index in [9.17, 15) is 23.6 Å². The van der Waals surface area contributed by atoms with Crippen LogP contribution in [0.25, 0.3) is 0 Å². The minimum atomic E-state index is -0.565. The molecule has 0 aromatic heterocycles. The lowest BCUT2D eigenvalue weighted by molar-refractivity contribution is -0.171. The predicted octanol–water partition coefficient (Wildman–Crippen LogP) is 4.27. The fraction of sp³-hybridized carbons (Fsp3) is 0.615. The van der Waals surface area contributed by atoms with Crippen molar-refractivity contribution >= 4 is 35.6 Å². The predicted molar refractivity (Wildman–Crippen MR) is 128 cm³/mol. The number of thioether (sulfide) groups is 1. The summed E-state index contributed by atoms with van der Waals surface area (Å²) in [5.41, 5.74) is 0.541. The zero-order valence-corrected chi connectivity index (χ0v) is 21.8. The highest BCUT2D eigenvalue weighted by Crippen LogP contribution is 2.64. The second-order valence-electron chi connectivity index (χ2n) is 9.32. The molecule has 0 saturated heterocycles. The van der Waals surface area contributed by atoms with Crippen LogP contribution >= 0.6 is 11.8 Å². The van der Waals surface area contributed by atoms with Gasteiger partial charge in [0, 0.05) is 17.1 Å². The Labute approximate surface area is 214 Å². The van der Waals surface area contributed by atoms with E-state index in [1.165, 1.54) is 17.8 Å². The number of rotatable bonds is 12. The molecule has 6 unspecified atom stereocenters. The minimum absolute atomic E-state index is 0.0425. The second-order valence-corrected chi connectivity index (χ2v) is 10.4. The number of halogens is 1. The van der Waals surface area contributed by atoms with Crippen molar-refractivity contribution in [1.82, 2.24) is 0 Å². The molecule has 1 aromatic rings. The molecule has 0 N–H and O–H groups in total. The zero-order chi connectivity index (χ0) is 26.4. The Morgan fingerprint density at radius 3 is 2.33 bits per heavy atom. The van der Waals surface area contributed by atoms with E-state index in [1.807, 2.05) is 6.92 Å². The van der Waals surface area contributed by atoms with Gasteiger partial charge in [-0.1, -0.05) is 20.8 Å². The molecule has 2 saturated carbocycles. The van der Waals surface area contributed by atoms with E-state index in [0.717, 1.165) is 4.90 Å². The molecule has 6 atom stereocenters. The molecular weight excluding hydrogens is 491 g/mol. The van der Waals surface area contributed by atoms with E-state index in [0.29, 0.717) is 24.2 Å². The maximum absolute atomic E-state index is 13.6. The van der Waals surface area contributed by atoms with Crippen LogP contribution in [0.15, 0.2) is 23.1 Å². The van der Waals surface area contributed by atoms with Crippen LogP contribution in [0.5, 0.6) is 0 Å². The number of fused-ring (bicyclic) bond motifs is 1. The standard InChI is InChI=1S/C26H33FO8S/c1-5-14(3)24(29)33-13-35-26(31)23-18-10-16(11-36-17-7-8-19(27)15(4)9-17)21(22(18)23)25(30)34-12-32-20(28)6-2/h7-9,14,16,18,21-23H,5-6,10-13H2,1-4H3. The van der Waals surface area contributed by atoms with Crippen molar-refractivity contribution in [3.05, 3.63) is 29.6 Å². The van der Waals surface area contributed by atoms with Crippen LogP contribution in [-0.4, -0.2) is 43.2 Å². The molecule has 2 aliphatic rings. The molecule has 0 bridgehead atoms. The summed E-state index contributed by atoms with van der Waals surface area (Å²) in [6.07, 6.45) is 1.41. The first-order valence-corrected chi connectivity index (χ1v) is 13.2. The van der Waals surface area contributed by atoms with Crippen LogP contribution in [-0.2, 0) is 38.1 Å². The Kier molecular flexibility index (Phi) is 9.76. The highest BCUT2D eigenvalue weighted by atomic mass is 32.2. The van der Waals surface area contributed by atoms with Gasteiger partial charge in [0.1, 0.15) is 5.82 Å². The van der Waals surface area contributed by atoms with Gasteiger partial charge in [0.2, 0.25) is 13.6 Å². The molecular formula is C26H33FO8S. The number of ether oxygens (including phenoxy) is 4. The quantitative estimate of drug-likeness (QED) is 0.225. The summed E-state index contributed by atoms with van der Waals surface area (Å²) in [7, 11) is 0. The molecule has 8 nitrogen and oxygen atoms in total. The molecule has 0 spiro atoms. The van der Waals surface area contributed by atoms with E-state index < -0.39 is 49.3 Å². The normalized spacial score (nSPS) is 24.9. The zero-order valence-electron chi connectivity index (χ0n) is 21.0. The molecule has 2 fully saturated rings. The van der Waals surface area contributed by atoms with E-state index in [4.69, 9.17) is 18.9 Å². The Bertz CT molecular complexity index is 983. The van der Waals surface area contributed by atoms with E-state index in [1.54, 1.807) is 32.9 Å². The van der Waals surface area contributed by atoms with Crippen molar-refractivity contribution in [2.75, 3.05) is 19.3 Å². The van der Waals surface area contributed by atoms with Gasteiger partial charge in [-0.2, -0.15) is 0 Å². The van der Waals surface area contributed by atoms with Crippen molar-refractivity contribution < 1.29 is 42.5 Å². The second kappa shape index (κ2) is 12.6. The summed E-state index contributed by atoms with van der Waals surface area (Å²) in [5.74, 6) is -3.32. The van der Waals surface area contributed by atoms with Gasteiger partial charge in [0.15, 0.2) is 0 Å². The summed E-state index contributed by atoms with van der Waals surface area (Å²) in [6, 6.07) is 4.87. The van der Waals surface area contributed by atoms with Crippen LogP contribution in [0.1, 0.15) is 45.6 Å². The van der Waals surface area contributed by atoms with Crippen molar-refractivity contribution in [2.24, 2.45) is 35.5 Å². The minimum Gasteiger partial charge on any atom is -0.428 e. The number of carbonyl (C=O) groups excluding carboxylic acids is 4. The molecule has 1 aromatic carbocycles. The molecule has 3 rings (SSSR count). The fourth-order valence-electron chi connectivity index (χ4n) is 4.67. The van der Waals surface area contributed by atoms with Gasteiger partial charge < -0.3 is 18.9 Å². The third-order valence-corrected chi connectivity index (χ3v) is 8.17. The number of carbonyl (C=O) groups is 4. The lowest BCUT2D eigenvalue weighted by Gasteiger charge is -2.22. The topological polar surface area (TPSA) is 105 Å². The van der Waals surface area contributed by atoms with Crippen molar-refractivity contribution in [3.8, 4) is 0 Å². The first-order valence-electron chi connectivity index (χ1n) is 12.2. The van der Waals surface area contributed by atoms with Gasteiger partial charge in [0.05, 0.1) is 17.8 Å². The molecule has 2 aliphatic carbocycles. The lowest BCUT2D eigenvalue weighted by Crippen LogP contribution is -2.30. The molecule has 10 heteroatoms. The summed E-state index contributed by atoms with van der Waals surface area (Å²) in [6.45, 7) is 5.99. The number of esters is 4. The first kappa shape index (κ1) is 28.0. The highest BCUT2D eigenvalue weighted by Gasteiger charge is 2.67. The van der Waals surface area contributed by atoms with E-state index in [-0.39, 0.29) is 35.9 Å². The van der Waals surface area contributed by atoms with Gasteiger partial charge >= 0.3 is 23.9 Å². The van der Waals surface area contributed by atoms with Gasteiger partial charge in [-0.15, -0.1) is 11.8 Å². The van der Waals surface area contributed by atoms with Crippen LogP contribution in [0.4, 0.5) is 4.39 Å². The summed E-state index contributed by atoms with van der Waals surface area (Å²) >= 11 is 1.51. The monoisotopic (exact) mass is 524 g/mol. The Morgan fingerprint density at radius 2 is 1.69 bits per heavy atom. The van der Waals surface area contributed by atoms with Crippen LogP contribution in [0, 0.1) is 48.2 Å². The largest absolute Gasteiger partial charge is 0.428 e. The summed E-state index contributed by atoms with van der Waals surface area (Å²) in [4.78, 5) is 49.6. The number of benzene rings is 1. The summed E-state index contributed by atoms with van der Waals surface area (Å²) in [5, 5.41) is 0. The number of aryl methyl sites for hydroxylation is 1. The maximum Gasteiger partial charge on any atom is 0.312 e.